The number of carbonyl (C=O) groups excluding carboxylic acids is 2. The van der Waals surface area contributed by atoms with Gasteiger partial charge in [0.1, 0.15) is 5.65 Å². The zero-order valence-electron chi connectivity index (χ0n) is 16.8. The molecule has 6 nitrogen and oxygen atoms in total. The van der Waals surface area contributed by atoms with Gasteiger partial charge in [0.05, 0.1) is 35.0 Å². The first-order valence-corrected chi connectivity index (χ1v) is 9.53. The van der Waals surface area contributed by atoms with Crippen LogP contribution < -0.4 is 0 Å². The van der Waals surface area contributed by atoms with Crippen LogP contribution in [0.15, 0.2) is 67.3 Å². The molecular weight excluding hydrogens is 378 g/mol. The fourth-order valence-corrected chi connectivity index (χ4v) is 3.62. The van der Waals surface area contributed by atoms with Gasteiger partial charge < -0.3 is 9.30 Å². The number of ketones is 1. The molecule has 0 saturated carbocycles. The van der Waals surface area contributed by atoms with Crippen LogP contribution in [0.3, 0.4) is 0 Å². The van der Waals surface area contributed by atoms with Crippen LogP contribution in [-0.2, 0) is 11.3 Å². The van der Waals surface area contributed by atoms with Gasteiger partial charge >= 0.3 is 5.97 Å². The van der Waals surface area contributed by atoms with Gasteiger partial charge in [-0.3, -0.25) is 4.79 Å². The van der Waals surface area contributed by atoms with E-state index in [-0.39, 0.29) is 5.78 Å². The lowest BCUT2D eigenvalue weighted by Crippen LogP contribution is -2.02. The summed E-state index contributed by atoms with van der Waals surface area (Å²) in [6.45, 7) is 6.26. The number of hydrogen-bond donors (Lipinski definition) is 0. The van der Waals surface area contributed by atoms with E-state index in [1.165, 1.54) is 13.2 Å². The highest BCUT2D eigenvalue weighted by Gasteiger charge is 2.21. The van der Waals surface area contributed by atoms with Crippen LogP contribution in [0.5, 0.6) is 0 Å². The van der Waals surface area contributed by atoms with Crippen molar-refractivity contribution >= 4 is 34.5 Å². The number of para-hydroxylation sites is 2. The molecule has 2 heterocycles. The number of benzene rings is 2. The Balaban J connectivity index is 1.74. The quantitative estimate of drug-likeness (QED) is 0.208. The standard InChI is InChI=1S/C24H21N3O3/c1-4-15-26-19-7-5-6-8-20(19)27-23(26)22(16(2)25-27)21(28)14-11-17-9-12-18(13-10-17)24(29)30-3/h4-14H,1,15H2,2-3H3. The Bertz CT molecular complexity index is 1310. The molecule has 0 aliphatic rings. The van der Waals surface area contributed by atoms with Crippen molar-refractivity contribution in [3.8, 4) is 0 Å². The van der Waals surface area contributed by atoms with Crippen molar-refractivity contribution in [1.29, 1.82) is 0 Å². The van der Waals surface area contributed by atoms with Crippen molar-refractivity contribution in [1.82, 2.24) is 14.2 Å². The summed E-state index contributed by atoms with van der Waals surface area (Å²) >= 11 is 0. The van der Waals surface area contributed by atoms with E-state index >= 15 is 0 Å². The predicted octanol–water partition coefficient (Wildman–Crippen LogP) is 4.47. The Morgan fingerprint density at radius 3 is 2.47 bits per heavy atom. The molecule has 0 saturated heterocycles. The number of fused-ring (bicyclic) bond motifs is 3. The number of imidazole rings is 1. The maximum Gasteiger partial charge on any atom is 0.337 e. The zero-order chi connectivity index (χ0) is 21.3. The number of rotatable bonds is 6. The highest BCUT2D eigenvalue weighted by molar-refractivity contribution is 6.12. The van der Waals surface area contributed by atoms with E-state index in [2.05, 4.69) is 16.2 Å². The molecule has 0 N–H and O–H groups in total. The molecule has 2 aromatic carbocycles. The van der Waals surface area contributed by atoms with Gasteiger partial charge in [-0.2, -0.15) is 5.10 Å². The smallest absolute Gasteiger partial charge is 0.337 e. The first-order chi connectivity index (χ1) is 14.5. The van der Waals surface area contributed by atoms with E-state index in [0.717, 1.165) is 22.2 Å². The largest absolute Gasteiger partial charge is 0.465 e. The van der Waals surface area contributed by atoms with Crippen molar-refractivity contribution in [3.63, 3.8) is 0 Å². The number of esters is 1. The van der Waals surface area contributed by atoms with Crippen LogP contribution in [0.4, 0.5) is 0 Å². The Morgan fingerprint density at radius 2 is 1.80 bits per heavy atom. The minimum absolute atomic E-state index is 0.132. The van der Waals surface area contributed by atoms with Crippen LogP contribution in [0.1, 0.15) is 32.0 Å². The van der Waals surface area contributed by atoms with Crippen LogP contribution >= 0.6 is 0 Å². The van der Waals surface area contributed by atoms with E-state index in [1.807, 2.05) is 41.8 Å². The summed E-state index contributed by atoms with van der Waals surface area (Å²) in [6, 6.07) is 14.8. The summed E-state index contributed by atoms with van der Waals surface area (Å²) in [4.78, 5) is 24.7. The molecule has 2 aromatic heterocycles. The lowest BCUT2D eigenvalue weighted by atomic mass is 10.1. The highest BCUT2D eigenvalue weighted by Crippen LogP contribution is 2.26. The van der Waals surface area contributed by atoms with Gasteiger partial charge in [-0.15, -0.1) is 6.58 Å². The lowest BCUT2D eigenvalue weighted by Gasteiger charge is -2.03. The Kier molecular flexibility index (Phi) is 5.06. The summed E-state index contributed by atoms with van der Waals surface area (Å²) < 4.78 is 8.57. The first-order valence-electron chi connectivity index (χ1n) is 9.53. The fourth-order valence-electron chi connectivity index (χ4n) is 3.62. The second-order valence-corrected chi connectivity index (χ2v) is 6.89. The molecule has 6 heteroatoms. The number of hydrogen-bond acceptors (Lipinski definition) is 4. The van der Waals surface area contributed by atoms with Gasteiger partial charge in [-0.25, -0.2) is 9.31 Å². The summed E-state index contributed by atoms with van der Waals surface area (Å²) in [5.41, 5.74) is 5.20. The van der Waals surface area contributed by atoms with Gasteiger partial charge in [0, 0.05) is 6.54 Å². The summed E-state index contributed by atoms with van der Waals surface area (Å²) in [5.74, 6) is -0.526. The molecule has 0 atom stereocenters. The molecule has 0 aliphatic carbocycles. The second-order valence-electron chi connectivity index (χ2n) is 6.89. The number of nitrogens with zero attached hydrogens (tertiary/aromatic N) is 3. The fraction of sp³-hybridized carbons (Fsp3) is 0.125. The van der Waals surface area contributed by atoms with E-state index < -0.39 is 5.97 Å². The Labute approximate surface area is 173 Å². The Morgan fingerprint density at radius 1 is 1.10 bits per heavy atom. The third-order valence-electron chi connectivity index (χ3n) is 5.01. The lowest BCUT2D eigenvalue weighted by molar-refractivity contribution is 0.0600. The summed E-state index contributed by atoms with van der Waals surface area (Å²) in [6.07, 6.45) is 5.07. The first kappa shape index (κ1) is 19.4. The van der Waals surface area contributed by atoms with E-state index in [1.54, 1.807) is 30.3 Å². The van der Waals surface area contributed by atoms with Crippen molar-refractivity contribution < 1.29 is 14.3 Å². The average molecular weight is 399 g/mol. The monoisotopic (exact) mass is 399 g/mol. The van der Waals surface area contributed by atoms with Gasteiger partial charge in [0.2, 0.25) is 0 Å². The summed E-state index contributed by atoms with van der Waals surface area (Å²) in [7, 11) is 1.34. The Hall–Kier alpha value is -3.93. The highest BCUT2D eigenvalue weighted by atomic mass is 16.5. The van der Waals surface area contributed by atoms with Crippen molar-refractivity contribution in [2.45, 2.75) is 13.5 Å². The molecule has 0 aliphatic heterocycles. The summed E-state index contributed by atoms with van der Waals surface area (Å²) in [5, 5.41) is 4.62. The molecule has 30 heavy (non-hydrogen) atoms. The minimum Gasteiger partial charge on any atom is -0.465 e. The zero-order valence-corrected chi connectivity index (χ0v) is 16.8. The number of aryl methyl sites for hydroxylation is 1. The average Bonchev–Trinajstić information content (AvgIpc) is 3.26. The maximum absolute atomic E-state index is 13.1. The number of allylic oxidation sites excluding steroid dienone is 2. The number of carbonyl (C=O) groups is 2. The molecule has 0 unspecified atom stereocenters. The number of methoxy groups -OCH3 is 1. The van der Waals surface area contributed by atoms with E-state index in [4.69, 9.17) is 4.74 Å². The van der Waals surface area contributed by atoms with Crippen molar-refractivity contribution in [2.75, 3.05) is 7.11 Å². The van der Waals surface area contributed by atoms with E-state index in [0.29, 0.717) is 23.4 Å². The molecule has 0 bridgehead atoms. The molecule has 0 amide bonds. The second kappa shape index (κ2) is 7.83. The molecule has 150 valence electrons. The maximum atomic E-state index is 13.1. The van der Waals surface area contributed by atoms with Crippen LogP contribution in [0.2, 0.25) is 0 Å². The SMILES string of the molecule is C=CCn1c2ccccc2n2nc(C)c(C(=O)C=Cc3ccc(C(=O)OC)cc3)c12. The molecule has 4 rings (SSSR count). The van der Waals surface area contributed by atoms with Gasteiger partial charge in [-0.05, 0) is 42.8 Å². The third kappa shape index (κ3) is 3.22. The van der Waals surface area contributed by atoms with Crippen LogP contribution in [-0.4, -0.2) is 33.0 Å². The van der Waals surface area contributed by atoms with E-state index in [9.17, 15) is 9.59 Å². The van der Waals surface area contributed by atoms with Crippen LogP contribution in [0.25, 0.3) is 22.8 Å². The molecule has 4 aromatic rings. The molecule has 0 fully saturated rings. The number of ether oxygens (including phenoxy) is 1. The minimum atomic E-state index is -0.394. The van der Waals surface area contributed by atoms with Gasteiger partial charge in [0.25, 0.3) is 0 Å². The van der Waals surface area contributed by atoms with Gasteiger partial charge in [0.15, 0.2) is 5.78 Å². The topological polar surface area (TPSA) is 65.6 Å². The normalized spacial score (nSPS) is 11.4. The number of aromatic nitrogens is 3. The molecular formula is C24H21N3O3. The van der Waals surface area contributed by atoms with Crippen LogP contribution in [0, 0.1) is 6.92 Å². The van der Waals surface area contributed by atoms with Crippen molar-refractivity contribution in [2.24, 2.45) is 0 Å². The van der Waals surface area contributed by atoms with Crippen molar-refractivity contribution in [3.05, 3.63) is 89.6 Å². The van der Waals surface area contributed by atoms with Gasteiger partial charge in [-0.1, -0.05) is 36.4 Å². The predicted molar refractivity (Wildman–Crippen MR) is 117 cm³/mol. The molecule has 0 spiro atoms. The third-order valence-corrected chi connectivity index (χ3v) is 5.01. The molecule has 0 radical (unpaired) electrons.